The molecule has 2 aromatic rings. The number of nitrogens with zero attached hydrogens (tertiary/aromatic N) is 4. The van der Waals surface area contributed by atoms with E-state index in [0.29, 0.717) is 24.1 Å². The second-order valence-electron chi connectivity index (χ2n) is 7.20. The van der Waals surface area contributed by atoms with Crippen LogP contribution in [-0.2, 0) is 25.8 Å². The van der Waals surface area contributed by atoms with Gasteiger partial charge in [-0.3, -0.25) is 4.90 Å². The molecule has 10 heteroatoms. The molecule has 1 aromatic carbocycles. The van der Waals surface area contributed by atoms with Crippen LogP contribution in [0.1, 0.15) is 41.5 Å². The molecule has 0 spiro atoms. The second-order valence-corrected chi connectivity index (χ2v) is 7.20. The van der Waals surface area contributed by atoms with Gasteiger partial charge >= 0.3 is 6.18 Å². The molecule has 0 aliphatic carbocycles. The maximum absolute atomic E-state index is 13.6. The number of hydrogen-bond donors (Lipinski definition) is 1. The van der Waals surface area contributed by atoms with Crippen molar-refractivity contribution in [3.63, 3.8) is 0 Å². The standard InChI is InChI=1S/C18H21F4N5.ClH/c19-15-8-12(7-14(9-15)18(20,21)22)11-26-4-1-13(2-5-26)17-25-24-16-10-23-3-6-27(16)17;/h7-9,13,23H,1-6,10-11H2;1H. The lowest BCUT2D eigenvalue weighted by molar-refractivity contribution is -0.137. The summed E-state index contributed by atoms with van der Waals surface area (Å²) in [5, 5.41) is 11.9. The van der Waals surface area contributed by atoms with E-state index in [0.717, 1.165) is 63.3 Å². The minimum Gasteiger partial charge on any atom is -0.312 e. The molecule has 0 atom stereocenters. The molecule has 0 saturated carbocycles. The van der Waals surface area contributed by atoms with E-state index in [-0.39, 0.29) is 12.4 Å². The first-order valence-electron chi connectivity index (χ1n) is 9.12. The Morgan fingerprint density at radius 2 is 1.82 bits per heavy atom. The van der Waals surface area contributed by atoms with Crippen LogP contribution in [0.25, 0.3) is 0 Å². The van der Waals surface area contributed by atoms with E-state index in [2.05, 4.69) is 25.0 Å². The molecule has 0 bridgehead atoms. The van der Waals surface area contributed by atoms with Gasteiger partial charge in [-0.15, -0.1) is 22.6 Å². The van der Waals surface area contributed by atoms with Crippen LogP contribution in [0.2, 0.25) is 0 Å². The van der Waals surface area contributed by atoms with Crippen molar-refractivity contribution in [2.45, 2.75) is 44.6 Å². The van der Waals surface area contributed by atoms with Gasteiger partial charge < -0.3 is 9.88 Å². The summed E-state index contributed by atoms with van der Waals surface area (Å²) in [6.45, 7) is 4.29. The molecule has 1 N–H and O–H groups in total. The Balaban J connectivity index is 0.00000225. The van der Waals surface area contributed by atoms with E-state index < -0.39 is 17.6 Å². The summed E-state index contributed by atoms with van der Waals surface area (Å²) >= 11 is 0. The van der Waals surface area contributed by atoms with Crippen molar-refractivity contribution < 1.29 is 17.6 Å². The summed E-state index contributed by atoms with van der Waals surface area (Å²) in [6, 6.07) is 2.76. The van der Waals surface area contributed by atoms with Gasteiger partial charge in [-0.2, -0.15) is 13.2 Å². The lowest BCUT2D eigenvalue weighted by Gasteiger charge is -2.32. The summed E-state index contributed by atoms with van der Waals surface area (Å²) in [6.07, 6.45) is -2.80. The van der Waals surface area contributed by atoms with Gasteiger partial charge in [0.15, 0.2) is 0 Å². The zero-order valence-electron chi connectivity index (χ0n) is 15.2. The molecule has 1 aromatic heterocycles. The van der Waals surface area contributed by atoms with E-state index in [1.807, 2.05) is 0 Å². The maximum atomic E-state index is 13.6. The highest BCUT2D eigenvalue weighted by atomic mass is 35.5. The van der Waals surface area contributed by atoms with Crippen LogP contribution in [0.4, 0.5) is 17.6 Å². The lowest BCUT2D eigenvalue weighted by atomic mass is 9.95. The molecule has 4 rings (SSSR count). The van der Waals surface area contributed by atoms with Crippen LogP contribution in [0.15, 0.2) is 18.2 Å². The Kier molecular flexibility index (Phi) is 6.26. The van der Waals surface area contributed by atoms with E-state index in [9.17, 15) is 17.6 Å². The topological polar surface area (TPSA) is 46.0 Å². The molecule has 2 aliphatic heterocycles. The average Bonchev–Trinajstić information content (AvgIpc) is 3.05. The summed E-state index contributed by atoms with van der Waals surface area (Å²) in [7, 11) is 0. The summed E-state index contributed by atoms with van der Waals surface area (Å²) in [5.41, 5.74) is -0.581. The highest BCUT2D eigenvalue weighted by molar-refractivity contribution is 5.85. The third kappa shape index (κ3) is 4.47. The molecule has 2 aliphatic rings. The number of benzene rings is 1. The van der Waals surface area contributed by atoms with Crippen molar-refractivity contribution in [1.82, 2.24) is 25.0 Å². The summed E-state index contributed by atoms with van der Waals surface area (Å²) < 4.78 is 54.4. The molecule has 3 heterocycles. The number of nitrogens with one attached hydrogen (secondary N) is 1. The number of hydrogen-bond acceptors (Lipinski definition) is 4. The van der Waals surface area contributed by atoms with Gasteiger partial charge in [0.05, 0.1) is 12.1 Å². The van der Waals surface area contributed by atoms with Crippen molar-refractivity contribution in [3.05, 3.63) is 46.8 Å². The number of likely N-dealkylation sites (tertiary alicyclic amines) is 1. The Labute approximate surface area is 166 Å². The van der Waals surface area contributed by atoms with Crippen LogP contribution in [-0.4, -0.2) is 39.3 Å². The Morgan fingerprint density at radius 1 is 1.07 bits per heavy atom. The van der Waals surface area contributed by atoms with E-state index in [1.165, 1.54) is 6.07 Å². The zero-order valence-corrected chi connectivity index (χ0v) is 16.0. The third-order valence-electron chi connectivity index (χ3n) is 5.30. The van der Waals surface area contributed by atoms with Gasteiger partial charge in [0.25, 0.3) is 0 Å². The summed E-state index contributed by atoms with van der Waals surface area (Å²) in [5.74, 6) is 1.42. The molecule has 154 valence electrons. The average molecular weight is 420 g/mol. The minimum atomic E-state index is -4.54. The molecule has 28 heavy (non-hydrogen) atoms. The monoisotopic (exact) mass is 419 g/mol. The fourth-order valence-corrected chi connectivity index (χ4v) is 3.93. The quantitative estimate of drug-likeness (QED) is 0.775. The van der Waals surface area contributed by atoms with Gasteiger partial charge in [-0.25, -0.2) is 4.39 Å². The SMILES string of the molecule is Cl.Fc1cc(CN2CCC(c3nnc4n3CCNC4)CC2)cc(C(F)(F)F)c1. The molecular weight excluding hydrogens is 398 g/mol. The summed E-state index contributed by atoms with van der Waals surface area (Å²) in [4.78, 5) is 2.07. The maximum Gasteiger partial charge on any atom is 0.416 e. The normalized spacial score (nSPS) is 18.6. The zero-order chi connectivity index (χ0) is 19.0. The van der Waals surface area contributed by atoms with Crippen molar-refractivity contribution in [3.8, 4) is 0 Å². The molecule has 0 radical (unpaired) electrons. The highest BCUT2D eigenvalue weighted by Gasteiger charge is 2.32. The fraction of sp³-hybridized carbons (Fsp3) is 0.556. The van der Waals surface area contributed by atoms with Gasteiger partial charge in [-0.05, 0) is 49.7 Å². The van der Waals surface area contributed by atoms with E-state index in [1.54, 1.807) is 0 Å². The van der Waals surface area contributed by atoms with Crippen LogP contribution >= 0.6 is 12.4 Å². The second kappa shape index (κ2) is 8.34. The van der Waals surface area contributed by atoms with Crippen molar-refractivity contribution in [1.29, 1.82) is 0 Å². The van der Waals surface area contributed by atoms with Gasteiger partial charge in [0, 0.05) is 25.6 Å². The lowest BCUT2D eigenvalue weighted by Crippen LogP contribution is -2.34. The number of rotatable bonds is 3. The first-order valence-corrected chi connectivity index (χ1v) is 9.12. The molecule has 0 unspecified atom stereocenters. The van der Waals surface area contributed by atoms with Crippen LogP contribution in [0.3, 0.4) is 0 Å². The Morgan fingerprint density at radius 3 is 2.54 bits per heavy atom. The van der Waals surface area contributed by atoms with Gasteiger partial charge in [-0.1, -0.05) is 0 Å². The largest absolute Gasteiger partial charge is 0.416 e. The Hall–Kier alpha value is -1.71. The molecule has 1 fully saturated rings. The Bertz CT molecular complexity index is 815. The molecule has 0 amide bonds. The van der Waals surface area contributed by atoms with Gasteiger partial charge in [0.2, 0.25) is 0 Å². The number of alkyl halides is 3. The first kappa shape index (κ1) is 21.0. The molecule has 5 nitrogen and oxygen atoms in total. The number of aromatic nitrogens is 3. The van der Waals surface area contributed by atoms with Crippen molar-refractivity contribution >= 4 is 12.4 Å². The molecule has 1 saturated heterocycles. The third-order valence-corrected chi connectivity index (χ3v) is 5.30. The smallest absolute Gasteiger partial charge is 0.312 e. The van der Waals surface area contributed by atoms with E-state index >= 15 is 0 Å². The van der Waals surface area contributed by atoms with Crippen LogP contribution in [0, 0.1) is 5.82 Å². The van der Waals surface area contributed by atoms with E-state index in [4.69, 9.17) is 0 Å². The highest BCUT2D eigenvalue weighted by Crippen LogP contribution is 2.32. The van der Waals surface area contributed by atoms with Crippen LogP contribution in [0.5, 0.6) is 0 Å². The number of halogens is 5. The number of fused-ring (bicyclic) bond motifs is 1. The number of piperidine rings is 1. The van der Waals surface area contributed by atoms with Crippen molar-refractivity contribution in [2.75, 3.05) is 19.6 Å². The predicted molar refractivity (Wildman–Crippen MR) is 97.6 cm³/mol. The first-order chi connectivity index (χ1) is 12.9. The van der Waals surface area contributed by atoms with Crippen molar-refractivity contribution in [2.24, 2.45) is 0 Å². The predicted octanol–water partition coefficient (Wildman–Crippen LogP) is 3.34. The molecular formula is C18H22ClF4N5. The minimum absolute atomic E-state index is 0. The fourth-order valence-electron chi connectivity index (χ4n) is 3.93. The van der Waals surface area contributed by atoms with Crippen LogP contribution < -0.4 is 5.32 Å². The van der Waals surface area contributed by atoms with Gasteiger partial charge in [0.1, 0.15) is 17.5 Å².